The van der Waals surface area contributed by atoms with Crippen LogP contribution in [-0.4, -0.2) is 54.0 Å². The monoisotopic (exact) mass is 502 g/mol. The molecule has 1 atom stereocenters. The van der Waals surface area contributed by atoms with E-state index < -0.39 is 23.5 Å². The third-order valence-electron chi connectivity index (χ3n) is 6.39. The number of carbonyl (C=O) groups excluding carboxylic acids is 1. The zero-order valence-corrected chi connectivity index (χ0v) is 20.0. The molecule has 7 nitrogen and oxygen atoms in total. The van der Waals surface area contributed by atoms with Gasteiger partial charge in [0.25, 0.3) is 5.91 Å². The number of carbonyl (C=O) groups is 1. The van der Waals surface area contributed by atoms with Gasteiger partial charge < -0.3 is 20.9 Å². The molecule has 1 fully saturated rings. The molecule has 4 rings (SSSR count). The summed E-state index contributed by atoms with van der Waals surface area (Å²) >= 11 is 0. The molecule has 2 heterocycles. The van der Waals surface area contributed by atoms with Crippen LogP contribution in [0.15, 0.2) is 42.6 Å². The summed E-state index contributed by atoms with van der Waals surface area (Å²) in [5.41, 5.74) is 6.26. The summed E-state index contributed by atoms with van der Waals surface area (Å²) in [4.78, 5) is 25.1. The third-order valence-corrected chi connectivity index (χ3v) is 6.39. The Bertz CT molecular complexity index is 1300. The number of rotatable bonds is 5. The van der Waals surface area contributed by atoms with Crippen molar-refractivity contribution in [3.63, 3.8) is 0 Å². The van der Waals surface area contributed by atoms with Crippen molar-refractivity contribution in [2.45, 2.75) is 25.6 Å². The van der Waals surface area contributed by atoms with E-state index in [9.17, 15) is 22.4 Å². The van der Waals surface area contributed by atoms with E-state index in [1.807, 2.05) is 11.9 Å². The zero-order valence-electron chi connectivity index (χ0n) is 20.0. The number of hydrogen-bond acceptors (Lipinski definition) is 6. The van der Waals surface area contributed by atoms with Crippen LogP contribution in [0.1, 0.15) is 28.0 Å². The molecule has 0 aliphatic carbocycles. The minimum absolute atomic E-state index is 0.0518. The molecule has 3 N–H and O–H groups in total. The minimum Gasteiger partial charge on any atom is -0.369 e. The number of nitrogens with zero attached hydrogens (tertiary/aromatic N) is 4. The highest BCUT2D eigenvalue weighted by molar-refractivity contribution is 6.07. The number of likely N-dealkylation sites (N-methyl/N-ethyl adjacent to an activating group) is 2. The Morgan fingerprint density at radius 1 is 1.22 bits per heavy atom. The van der Waals surface area contributed by atoms with Crippen molar-refractivity contribution in [2.24, 2.45) is 0 Å². The molecular formula is C25H26F4N6O. The molecular weight excluding hydrogens is 476 g/mol. The Morgan fingerprint density at radius 3 is 2.61 bits per heavy atom. The molecule has 1 saturated heterocycles. The van der Waals surface area contributed by atoms with Gasteiger partial charge in [0.1, 0.15) is 5.82 Å². The molecule has 0 bridgehead atoms. The molecule has 2 aromatic carbocycles. The van der Waals surface area contributed by atoms with Gasteiger partial charge in [-0.2, -0.15) is 13.2 Å². The van der Waals surface area contributed by atoms with Crippen LogP contribution in [0, 0.1) is 12.7 Å². The summed E-state index contributed by atoms with van der Waals surface area (Å²) < 4.78 is 55.1. The summed E-state index contributed by atoms with van der Waals surface area (Å²) in [6, 6.07) is 7.14. The molecule has 0 saturated carbocycles. The number of amides is 1. The van der Waals surface area contributed by atoms with Crippen LogP contribution < -0.4 is 16.0 Å². The van der Waals surface area contributed by atoms with Crippen molar-refractivity contribution in [3.8, 4) is 11.1 Å². The Labute approximate surface area is 205 Å². The third kappa shape index (κ3) is 5.25. The van der Waals surface area contributed by atoms with Crippen LogP contribution in [0.4, 0.5) is 34.9 Å². The summed E-state index contributed by atoms with van der Waals surface area (Å²) in [5.74, 6) is -1.61. The van der Waals surface area contributed by atoms with Crippen molar-refractivity contribution < 1.29 is 22.4 Å². The molecule has 36 heavy (non-hydrogen) atoms. The Morgan fingerprint density at radius 2 is 1.97 bits per heavy atom. The fourth-order valence-electron chi connectivity index (χ4n) is 4.37. The smallest absolute Gasteiger partial charge is 0.369 e. The van der Waals surface area contributed by atoms with Crippen LogP contribution in [0.25, 0.3) is 11.1 Å². The number of nitrogens with two attached hydrogens (primary N) is 1. The van der Waals surface area contributed by atoms with Gasteiger partial charge in [-0.05, 0) is 62.8 Å². The van der Waals surface area contributed by atoms with Crippen LogP contribution >= 0.6 is 0 Å². The number of likely N-dealkylation sites (tertiary alicyclic amines) is 1. The zero-order chi connectivity index (χ0) is 26.2. The van der Waals surface area contributed by atoms with Gasteiger partial charge in [0.05, 0.1) is 28.2 Å². The van der Waals surface area contributed by atoms with Crippen molar-refractivity contribution in [3.05, 3.63) is 65.2 Å². The topological polar surface area (TPSA) is 87.4 Å². The maximum Gasteiger partial charge on any atom is 0.416 e. The average Bonchev–Trinajstić information content (AvgIpc) is 3.25. The highest BCUT2D eigenvalue weighted by atomic mass is 19.4. The first-order chi connectivity index (χ1) is 16.9. The number of anilines is 3. The van der Waals surface area contributed by atoms with Gasteiger partial charge in [-0.15, -0.1) is 0 Å². The van der Waals surface area contributed by atoms with Crippen LogP contribution in [0.3, 0.4) is 0 Å². The number of hydrogen-bond donors (Lipinski definition) is 2. The van der Waals surface area contributed by atoms with E-state index in [1.54, 1.807) is 14.0 Å². The Hall–Kier alpha value is -3.73. The normalized spacial score (nSPS) is 16.2. The highest BCUT2D eigenvalue weighted by Crippen LogP contribution is 2.37. The van der Waals surface area contributed by atoms with Crippen molar-refractivity contribution in [2.75, 3.05) is 43.1 Å². The molecule has 0 radical (unpaired) electrons. The predicted octanol–water partition coefficient (Wildman–Crippen LogP) is 4.58. The predicted molar refractivity (Wildman–Crippen MR) is 130 cm³/mol. The van der Waals surface area contributed by atoms with E-state index in [0.717, 1.165) is 37.7 Å². The number of nitrogen functional groups attached to an aromatic ring is 1. The summed E-state index contributed by atoms with van der Waals surface area (Å²) in [6.07, 6.45) is -2.33. The molecule has 3 aromatic rings. The number of nitrogens with one attached hydrogen (secondary N) is 1. The lowest BCUT2D eigenvalue weighted by Gasteiger charge is -2.29. The second-order valence-corrected chi connectivity index (χ2v) is 8.92. The molecule has 1 amide bonds. The fourth-order valence-corrected chi connectivity index (χ4v) is 4.37. The molecule has 1 aliphatic rings. The first-order valence-corrected chi connectivity index (χ1v) is 11.3. The largest absolute Gasteiger partial charge is 0.416 e. The molecule has 1 aromatic heterocycles. The molecule has 0 unspecified atom stereocenters. The molecule has 190 valence electrons. The SMILES string of the molecule is Cc1nc(N)ncc1-c1ccc(F)c(C(=O)Nc2cc(C(F)(F)F)ccc2N(C)[C@@H]2CCN(C)C2)c1. The summed E-state index contributed by atoms with van der Waals surface area (Å²) in [5, 5.41) is 2.51. The van der Waals surface area contributed by atoms with Crippen LogP contribution in [0.5, 0.6) is 0 Å². The number of aromatic nitrogens is 2. The lowest BCUT2D eigenvalue weighted by Crippen LogP contribution is -2.34. The van der Waals surface area contributed by atoms with E-state index in [0.29, 0.717) is 22.5 Å². The van der Waals surface area contributed by atoms with E-state index in [4.69, 9.17) is 5.73 Å². The van der Waals surface area contributed by atoms with Gasteiger partial charge in [-0.3, -0.25) is 4.79 Å². The van der Waals surface area contributed by atoms with Crippen LogP contribution in [0.2, 0.25) is 0 Å². The quantitative estimate of drug-likeness (QED) is 0.497. The molecule has 0 spiro atoms. The molecule has 11 heteroatoms. The van der Waals surface area contributed by atoms with Crippen LogP contribution in [-0.2, 0) is 6.18 Å². The van der Waals surface area contributed by atoms with Gasteiger partial charge in [0, 0.05) is 31.4 Å². The second kappa shape index (κ2) is 9.73. The highest BCUT2D eigenvalue weighted by Gasteiger charge is 2.33. The van der Waals surface area contributed by atoms with E-state index in [1.165, 1.54) is 24.4 Å². The maximum absolute atomic E-state index is 14.7. The van der Waals surface area contributed by atoms with E-state index in [-0.39, 0.29) is 23.2 Å². The van der Waals surface area contributed by atoms with Gasteiger partial charge in [0.15, 0.2) is 0 Å². The first-order valence-electron chi connectivity index (χ1n) is 11.3. The number of alkyl halides is 3. The standard InChI is InChI=1S/C25H26F4N6O/c1-14-19(12-31-24(30)32-14)15-4-6-20(26)18(10-15)23(36)33-21-11-16(25(27,28)29)5-7-22(21)35(3)17-8-9-34(2)13-17/h4-7,10-12,17H,8-9,13H2,1-3H3,(H,33,36)(H2,30,31,32)/t17-/m1/s1. The van der Waals surface area contributed by atoms with Crippen molar-refractivity contribution in [1.29, 1.82) is 0 Å². The van der Waals surface area contributed by atoms with Gasteiger partial charge in [0.2, 0.25) is 5.95 Å². The Kier molecular flexibility index (Phi) is 6.85. The number of halogens is 4. The number of aryl methyl sites for hydroxylation is 1. The van der Waals surface area contributed by atoms with Gasteiger partial charge in [-0.25, -0.2) is 14.4 Å². The van der Waals surface area contributed by atoms with Gasteiger partial charge >= 0.3 is 6.18 Å². The second-order valence-electron chi connectivity index (χ2n) is 8.92. The molecule has 1 aliphatic heterocycles. The summed E-state index contributed by atoms with van der Waals surface area (Å²) in [7, 11) is 3.74. The minimum atomic E-state index is -4.61. The average molecular weight is 503 g/mol. The maximum atomic E-state index is 14.7. The van der Waals surface area contributed by atoms with E-state index >= 15 is 0 Å². The lowest BCUT2D eigenvalue weighted by atomic mass is 10.0. The number of benzene rings is 2. The Balaban J connectivity index is 1.70. The van der Waals surface area contributed by atoms with Gasteiger partial charge in [-0.1, -0.05) is 6.07 Å². The van der Waals surface area contributed by atoms with Crippen molar-refractivity contribution >= 4 is 23.2 Å². The van der Waals surface area contributed by atoms with E-state index in [2.05, 4.69) is 20.2 Å². The summed E-state index contributed by atoms with van der Waals surface area (Å²) in [6.45, 7) is 3.27. The fraction of sp³-hybridized carbons (Fsp3) is 0.320. The lowest BCUT2D eigenvalue weighted by molar-refractivity contribution is -0.137. The first kappa shape index (κ1) is 25.4. The van der Waals surface area contributed by atoms with Crippen molar-refractivity contribution in [1.82, 2.24) is 14.9 Å².